The fraction of sp³-hybridized carbons (Fsp3) is 0.238. The molecule has 0 atom stereocenters. The number of hydrogen-bond acceptors (Lipinski definition) is 7. The van der Waals surface area contributed by atoms with E-state index >= 15 is 0 Å². The largest absolute Gasteiger partial charge is 0.450 e. The maximum absolute atomic E-state index is 13.0. The molecule has 9 heteroatoms. The van der Waals surface area contributed by atoms with Crippen LogP contribution in [0, 0.1) is 13.8 Å². The van der Waals surface area contributed by atoms with E-state index in [9.17, 15) is 14.4 Å². The summed E-state index contributed by atoms with van der Waals surface area (Å²) in [5.41, 5.74) is 1.59. The number of thiophene rings is 1. The number of carbonyl (C=O) groups is 1. The SMILES string of the molecule is CCOC(=O)Nc1ccc2c(Cn3cnc4sc(C)c(C)c4c3=O)cc(=O)oc2c1. The van der Waals surface area contributed by atoms with E-state index in [2.05, 4.69) is 10.3 Å². The van der Waals surface area contributed by atoms with Gasteiger partial charge in [0.2, 0.25) is 0 Å². The topological polar surface area (TPSA) is 103 Å². The molecular weight excluding hydrogens is 406 g/mol. The molecule has 0 unspecified atom stereocenters. The van der Waals surface area contributed by atoms with E-state index in [0.717, 1.165) is 10.4 Å². The fourth-order valence-electron chi connectivity index (χ4n) is 3.29. The minimum Gasteiger partial charge on any atom is -0.450 e. The van der Waals surface area contributed by atoms with E-state index in [1.165, 1.54) is 28.3 Å². The lowest BCUT2D eigenvalue weighted by Gasteiger charge is -2.10. The molecule has 3 aromatic heterocycles. The van der Waals surface area contributed by atoms with Crippen molar-refractivity contribution in [3.05, 3.63) is 67.4 Å². The van der Waals surface area contributed by atoms with Crippen LogP contribution in [0.4, 0.5) is 10.5 Å². The summed E-state index contributed by atoms with van der Waals surface area (Å²) in [6.45, 7) is 5.99. The number of anilines is 1. The smallest absolute Gasteiger partial charge is 0.411 e. The molecule has 0 aliphatic rings. The lowest BCUT2D eigenvalue weighted by molar-refractivity contribution is 0.168. The van der Waals surface area contributed by atoms with E-state index in [1.54, 1.807) is 25.1 Å². The van der Waals surface area contributed by atoms with Crippen molar-refractivity contribution in [2.45, 2.75) is 27.3 Å². The molecule has 0 aliphatic carbocycles. The van der Waals surface area contributed by atoms with Gasteiger partial charge in [-0.3, -0.25) is 14.7 Å². The summed E-state index contributed by atoms with van der Waals surface area (Å²) >= 11 is 1.49. The van der Waals surface area contributed by atoms with Gasteiger partial charge < -0.3 is 9.15 Å². The Bertz CT molecular complexity index is 1400. The molecule has 8 nitrogen and oxygen atoms in total. The maximum atomic E-state index is 13.0. The van der Waals surface area contributed by atoms with Crippen LogP contribution in [0.3, 0.4) is 0 Å². The Morgan fingerprint density at radius 1 is 1.27 bits per heavy atom. The van der Waals surface area contributed by atoms with Crippen molar-refractivity contribution in [2.75, 3.05) is 11.9 Å². The molecule has 4 rings (SSSR count). The van der Waals surface area contributed by atoms with Gasteiger partial charge in [0.15, 0.2) is 0 Å². The Morgan fingerprint density at radius 2 is 2.07 bits per heavy atom. The van der Waals surface area contributed by atoms with Gasteiger partial charge in [0.1, 0.15) is 10.4 Å². The molecule has 0 radical (unpaired) electrons. The molecule has 0 aliphatic heterocycles. The number of fused-ring (bicyclic) bond motifs is 2. The number of aryl methyl sites for hydroxylation is 2. The zero-order chi connectivity index (χ0) is 21.4. The number of amides is 1. The predicted molar refractivity (Wildman–Crippen MR) is 116 cm³/mol. The summed E-state index contributed by atoms with van der Waals surface area (Å²) in [4.78, 5) is 42.9. The third-order valence-corrected chi connectivity index (χ3v) is 5.96. The molecule has 1 N–H and O–H groups in total. The van der Waals surface area contributed by atoms with E-state index in [1.807, 2.05) is 13.8 Å². The lowest BCUT2D eigenvalue weighted by Crippen LogP contribution is -2.21. The van der Waals surface area contributed by atoms with Crippen molar-refractivity contribution in [3.8, 4) is 0 Å². The molecule has 1 aromatic carbocycles. The first-order chi connectivity index (χ1) is 14.4. The molecule has 0 saturated carbocycles. The second kappa shape index (κ2) is 7.75. The van der Waals surface area contributed by atoms with Gasteiger partial charge in [-0.25, -0.2) is 14.6 Å². The molecule has 0 spiro atoms. The summed E-state index contributed by atoms with van der Waals surface area (Å²) in [5.74, 6) is 0. The third-order valence-electron chi connectivity index (χ3n) is 4.85. The van der Waals surface area contributed by atoms with E-state index in [-0.39, 0.29) is 18.7 Å². The van der Waals surface area contributed by atoms with Gasteiger partial charge in [-0.15, -0.1) is 11.3 Å². The van der Waals surface area contributed by atoms with Crippen molar-refractivity contribution >= 4 is 44.3 Å². The molecule has 0 fully saturated rings. The molecule has 0 bridgehead atoms. The minimum atomic E-state index is -0.595. The van der Waals surface area contributed by atoms with Gasteiger partial charge in [-0.2, -0.15) is 0 Å². The Morgan fingerprint density at radius 3 is 2.83 bits per heavy atom. The molecule has 154 valence electrons. The Balaban J connectivity index is 1.76. The highest BCUT2D eigenvalue weighted by molar-refractivity contribution is 7.18. The van der Waals surface area contributed by atoms with Crippen LogP contribution in [0.25, 0.3) is 21.2 Å². The average molecular weight is 425 g/mol. The molecule has 3 heterocycles. The lowest BCUT2D eigenvalue weighted by atomic mass is 10.1. The van der Waals surface area contributed by atoms with Gasteiger partial charge in [0.05, 0.1) is 24.9 Å². The van der Waals surface area contributed by atoms with E-state index in [0.29, 0.717) is 32.4 Å². The summed E-state index contributed by atoms with van der Waals surface area (Å²) in [6.07, 6.45) is 0.902. The third kappa shape index (κ3) is 3.59. The Hall–Kier alpha value is -3.46. The summed E-state index contributed by atoms with van der Waals surface area (Å²) in [5, 5.41) is 3.84. The molecule has 30 heavy (non-hydrogen) atoms. The van der Waals surface area contributed by atoms with Crippen LogP contribution in [0.15, 0.2) is 44.6 Å². The zero-order valence-electron chi connectivity index (χ0n) is 16.6. The number of hydrogen-bond donors (Lipinski definition) is 1. The van der Waals surface area contributed by atoms with Crippen LogP contribution < -0.4 is 16.5 Å². The van der Waals surface area contributed by atoms with E-state index in [4.69, 9.17) is 9.15 Å². The van der Waals surface area contributed by atoms with Crippen LogP contribution in [-0.4, -0.2) is 22.3 Å². The number of benzene rings is 1. The van der Waals surface area contributed by atoms with Crippen molar-refractivity contribution in [1.29, 1.82) is 0 Å². The highest BCUT2D eigenvalue weighted by atomic mass is 32.1. The first-order valence-corrected chi connectivity index (χ1v) is 10.1. The monoisotopic (exact) mass is 425 g/mol. The maximum Gasteiger partial charge on any atom is 0.411 e. The van der Waals surface area contributed by atoms with Gasteiger partial charge in [-0.05, 0) is 44.0 Å². The summed E-state index contributed by atoms with van der Waals surface area (Å²) < 4.78 is 11.6. The number of nitrogens with zero attached hydrogens (tertiary/aromatic N) is 2. The van der Waals surface area contributed by atoms with Crippen LogP contribution in [0.1, 0.15) is 22.9 Å². The average Bonchev–Trinajstić information content (AvgIpc) is 2.98. The molecule has 0 saturated heterocycles. The van der Waals surface area contributed by atoms with Crippen molar-refractivity contribution in [1.82, 2.24) is 9.55 Å². The van der Waals surface area contributed by atoms with Crippen LogP contribution in [0.2, 0.25) is 0 Å². The highest BCUT2D eigenvalue weighted by Crippen LogP contribution is 2.26. The second-order valence-corrected chi connectivity index (χ2v) is 7.99. The predicted octanol–water partition coefficient (Wildman–Crippen LogP) is 3.80. The number of aromatic nitrogens is 2. The van der Waals surface area contributed by atoms with Gasteiger partial charge in [0.25, 0.3) is 5.56 Å². The van der Waals surface area contributed by atoms with Gasteiger partial charge >= 0.3 is 11.7 Å². The Kier molecular flexibility index (Phi) is 5.13. The number of nitrogens with one attached hydrogen (secondary N) is 1. The van der Waals surface area contributed by atoms with Crippen LogP contribution in [-0.2, 0) is 11.3 Å². The van der Waals surface area contributed by atoms with E-state index < -0.39 is 11.7 Å². The summed E-state index contributed by atoms with van der Waals surface area (Å²) in [7, 11) is 0. The van der Waals surface area contributed by atoms with Crippen molar-refractivity contribution in [2.24, 2.45) is 0 Å². The quantitative estimate of drug-likeness (QED) is 0.499. The number of carbonyl (C=O) groups excluding carboxylic acids is 1. The normalized spacial score (nSPS) is 11.2. The Labute approximate surface area is 174 Å². The first kappa shape index (κ1) is 19.8. The number of rotatable bonds is 4. The fourth-order valence-corrected chi connectivity index (χ4v) is 4.28. The van der Waals surface area contributed by atoms with Crippen molar-refractivity contribution in [3.63, 3.8) is 0 Å². The van der Waals surface area contributed by atoms with Crippen molar-refractivity contribution < 1.29 is 13.9 Å². The standard InChI is InChI=1S/C21H19N3O5S/c1-4-28-21(27)23-14-5-6-15-13(7-17(25)29-16(15)8-14)9-24-10-22-19-18(20(24)26)11(2)12(3)30-19/h5-8,10H,4,9H2,1-3H3,(H,23,27). The van der Waals surface area contributed by atoms with Gasteiger partial charge in [-0.1, -0.05) is 0 Å². The van der Waals surface area contributed by atoms with Crippen LogP contribution in [0.5, 0.6) is 0 Å². The zero-order valence-corrected chi connectivity index (χ0v) is 17.5. The highest BCUT2D eigenvalue weighted by Gasteiger charge is 2.14. The molecule has 1 amide bonds. The molecular formula is C21H19N3O5S. The second-order valence-electron chi connectivity index (χ2n) is 6.79. The summed E-state index contributed by atoms with van der Waals surface area (Å²) in [6, 6.07) is 6.32. The van der Waals surface area contributed by atoms with Crippen LogP contribution >= 0.6 is 11.3 Å². The minimum absolute atomic E-state index is 0.149. The number of ether oxygens (including phenoxy) is 1. The molecule has 4 aromatic rings. The van der Waals surface area contributed by atoms with Gasteiger partial charge in [0, 0.05) is 28.1 Å². The first-order valence-electron chi connectivity index (χ1n) is 9.33.